The minimum absolute atomic E-state index is 0.866. The van der Waals surface area contributed by atoms with Crippen LogP contribution in [0.2, 0.25) is 24.2 Å². The standard InChI is InChI=1S/C30H48Si/c1-5-6-11-22-16-17-25(19-22)31(3,4)30-21(2)18-27-28(30)20-24-14-10-15-26(24)29(27)23-12-8-7-9-13-23/h7-9,12-13,21-22,24-30H,5-6,10-11,14-20H2,1-4H3. The van der Waals surface area contributed by atoms with Gasteiger partial charge in [-0.05, 0) is 83.8 Å². The third kappa shape index (κ3) is 4.00. The van der Waals surface area contributed by atoms with Crippen LogP contribution in [0.1, 0.15) is 96.0 Å². The van der Waals surface area contributed by atoms with Crippen molar-refractivity contribution in [2.45, 2.75) is 115 Å². The van der Waals surface area contributed by atoms with Crippen LogP contribution in [-0.4, -0.2) is 8.07 Å². The van der Waals surface area contributed by atoms with Crippen LogP contribution in [0.3, 0.4) is 0 Å². The average Bonchev–Trinajstić information content (AvgIpc) is 3.49. The summed E-state index contributed by atoms with van der Waals surface area (Å²) in [5, 5.41) is 0. The molecule has 1 aromatic carbocycles. The van der Waals surface area contributed by atoms with Gasteiger partial charge in [0.05, 0.1) is 8.07 Å². The molecule has 172 valence electrons. The van der Waals surface area contributed by atoms with Crippen molar-refractivity contribution in [2.75, 3.05) is 0 Å². The fourth-order valence-electron chi connectivity index (χ4n) is 9.90. The summed E-state index contributed by atoms with van der Waals surface area (Å²) in [5.41, 5.74) is 3.89. The Labute approximate surface area is 194 Å². The molecule has 0 spiro atoms. The van der Waals surface area contributed by atoms with Crippen molar-refractivity contribution in [3.05, 3.63) is 35.9 Å². The second-order valence-electron chi connectivity index (χ2n) is 12.9. The highest BCUT2D eigenvalue weighted by molar-refractivity contribution is 6.80. The number of hydrogen-bond donors (Lipinski definition) is 0. The minimum Gasteiger partial charge on any atom is -0.0689 e. The highest BCUT2D eigenvalue weighted by Crippen LogP contribution is 2.66. The lowest BCUT2D eigenvalue weighted by atomic mass is 9.62. The van der Waals surface area contributed by atoms with Gasteiger partial charge in [0.1, 0.15) is 0 Å². The van der Waals surface area contributed by atoms with Crippen LogP contribution in [0.5, 0.6) is 0 Å². The van der Waals surface area contributed by atoms with Crippen LogP contribution in [0.15, 0.2) is 30.3 Å². The molecule has 5 rings (SSSR count). The molecule has 4 aliphatic rings. The van der Waals surface area contributed by atoms with Crippen molar-refractivity contribution >= 4 is 8.07 Å². The zero-order chi connectivity index (χ0) is 21.6. The third-order valence-corrected chi connectivity index (χ3v) is 16.4. The van der Waals surface area contributed by atoms with Gasteiger partial charge in [-0.1, -0.05) is 102 Å². The summed E-state index contributed by atoms with van der Waals surface area (Å²) in [7, 11) is -1.26. The van der Waals surface area contributed by atoms with Crippen LogP contribution in [-0.2, 0) is 0 Å². The van der Waals surface area contributed by atoms with Gasteiger partial charge in [0.2, 0.25) is 0 Å². The van der Waals surface area contributed by atoms with E-state index in [0.29, 0.717) is 0 Å². The van der Waals surface area contributed by atoms with E-state index in [9.17, 15) is 0 Å². The maximum Gasteiger partial charge on any atom is 0.0541 e. The average molecular weight is 437 g/mol. The summed E-state index contributed by atoms with van der Waals surface area (Å²) >= 11 is 0. The Bertz CT molecular complexity index is 723. The molecule has 1 heteroatoms. The fourth-order valence-corrected chi connectivity index (χ4v) is 15.4. The van der Waals surface area contributed by atoms with E-state index in [1.54, 1.807) is 31.2 Å². The van der Waals surface area contributed by atoms with Crippen molar-refractivity contribution in [3.8, 4) is 0 Å². The van der Waals surface area contributed by atoms with E-state index < -0.39 is 8.07 Å². The van der Waals surface area contributed by atoms with E-state index >= 15 is 0 Å². The van der Waals surface area contributed by atoms with Crippen molar-refractivity contribution in [1.82, 2.24) is 0 Å². The Morgan fingerprint density at radius 2 is 1.68 bits per heavy atom. The first-order valence-electron chi connectivity index (χ1n) is 14.1. The molecule has 0 aromatic heterocycles. The lowest BCUT2D eigenvalue weighted by Crippen LogP contribution is -2.44. The maximum atomic E-state index is 2.85. The maximum absolute atomic E-state index is 2.85. The van der Waals surface area contributed by atoms with Crippen molar-refractivity contribution in [3.63, 3.8) is 0 Å². The number of unbranched alkanes of at least 4 members (excludes halogenated alkanes) is 1. The van der Waals surface area contributed by atoms with E-state index in [1.165, 1.54) is 44.9 Å². The Hall–Kier alpha value is -0.563. The molecule has 1 aromatic rings. The zero-order valence-corrected chi connectivity index (χ0v) is 21.9. The molecular weight excluding hydrogens is 388 g/mol. The van der Waals surface area contributed by atoms with Crippen molar-refractivity contribution in [2.24, 2.45) is 35.5 Å². The van der Waals surface area contributed by atoms with Crippen LogP contribution in [0.4, 0.5) is 0 Å². The zero-order valence-electron chi connectivity index (χ0n) is 20.9. The predicted molar refractivity (Wildman–Crippen MR) is 137 cm³/mol. The van der Waals surface area contributed by atoms with Crippen molar-refractivity contribution < 1.29 is 0 Å². The Morgan fingerprint density at radius 3 is 2.45 bits per heavy atom. The Kier molecular flexibility index (Phi) is 6.45. The normalized spacial score (nSPS) is 42.5. The molecule has 0 radical (unpaired) electrons. The van der Waals surface area contributed by atoms with Gasteiger partial charge in [0, 0.05) is 0 Å². The highest BCUT2D eigenvalue weighted by Gasteiger charge is 2.58. The number of rotatable bonds is 6. The number of fused-ring (bicyclic) bond motifs is 2. The molecule has 31 heavy (non-hydrogen) atoms. The number of hydrogen-bond acceptors (Lipinski definition) is 0. The summed E-state index contributed by atoms with van der Waals surface area (Å²) in [6, 6.07) is 11.8. The lowest BCUT2D eigenvalue weighted by molar-refractivity contribution is 0.121. The molecule has 4 saturated carbocycles. The van der Waals surface area contributed by atoms with Crippen LogP contribution < -0.4 is 0 Å². The second-order valence-corrected chi connectivity index (χ2v) is 18.1. The summed E-state index contributed by atoms with van der Waals surface area (Å²) in [4.78, 5) is 0. The van der Waals surface area contributed by atoms with Crippen LogP contribution in [0.25, 0.3) is 0 Å². The summed E-state index contributed by atoms with van der Waals surface area (Å²) in [6.07, 6.45) is 16.7. The first-order chi connectivity index (χ1) is 15.0. The van der Waals surface area contributed by atoms with Gasteiger partial charge in [-0.3, -0.25) is 0 Å². The molecule has 0 N–H and O–H groups in total. The topological polar surface area (TPSA) is 0 Å². The van der Waals surface area contributed by atoms with Gasteiger partial charge in [0.25, 0.3) is 0 Å². The molecule has 0 amide bonds. The predicted octanol–water partition coefficient (Wildman–Crippen LogP) is 9.30. The van der Waals surface area contributed by atoms with Gasteiger partial charge >= 0.3 is 0 Å². The van der Waals surface area contributed by atoms with Gasteiger partial charge in [-0.15, -0.1) is 0 Å². The molecule has 4 fully saturated rings. The minimum atomic E-state index is -1.26. The quantitative estimate of drug-likeness (QED) is 0.390. The van der Waals surface area contributed by atoms with Gasteiger partial charge < -0.3 is 0 Å². The highest BCUT2D eigenvalue weighted by atomic mass is 28.3. The van der Waals surface area contributed by atoms with Crippen LogP contribution in [0, 0.1) is 35.5 Å². The van der Waals surface area contributed by atoms with E-state index in [1.807, 2.05) is 0 Å². The molecule has 0 bridgehead atoms. The molecule has 9 unspecified atom stereocenters. The Balaban J connectivity index is 1.40. The molecule has 0 saturated heterocycles. The third-order valence-electron chi connectivity index (χ3n) is 11.1. The SMILES string of the molecule is CCCCC1CCC([Si](C)(C)C2C(C)CC3C2CC2CCCC2C3c2ccccc2)C1. The summed E-state index contributed by atoms with van der Waals surface area (Å²) < 4.78 is 0. The molecule has 9 atom stereocenters. The molecule has 4 aliphatic carbocycles. The second kappa shape index (κ2) is 9.00. The van der Waals surface area contributed by atoms with Gasteiger partial charge in [-0.25, -0.2) is 0 Å². The fraction of sp³-hybridized carbons (Fsp3) is 0.800. The largest absolute Gasteiger partial charge is 0.0689 e. The molecule has 0 aliphatic heterocycles. The van der Waals surface area contributed by atoms with E-state index in [-0.39, 0.29) is 0 Å². The first kappa shape index (κ1) is 22.2. The summed E-state index contributed by atoms with van der Waals surface area (Å²) in [6.45, 7) is 10.7. The Morgan fingerprint density at radius 1 is 0.871 bits per heavy atom. The summed E-state index contributed by atoms with van der Waals surface area (Å²) in [5.74, 6) is 6.93. The van der Waals surface area contributed by atoms with E-state index in [2.05, 4.69) is 57.3 Å². The van der Waals surface area contributed by atoms with Gasteiger partial charge in [-0.2, -0.15) is 0 Å². The first-order valence-corrected chi connectivity index (χ1v) is 17.2. The molecular formula is C30H48Si. The lowest BCUT2D eigenvalue weighted by Gasteiger charge is -2.48. The van der Waals surface area contributed by atoms with Crippen LogP contribution >= 0.6 is 0 Å². The van der Waals surface area contributed by atoms with E-state index in [4.69, 9.17) is 0 Å². The van der Waals surface area contributed by atoms with Crippen molar-refractivity contribution in [1.29, 1.82) is 0 Å². The van der Waals surface area contributed by atoms with Gasteiger partial charge in [0.15, 0.2) is 0 Å². The smallest absolute Gasteiger partial charge is 0.0541 e. The monoisotopic (exact) mass is 436 g/mol. The van der Waals surface area contributed by atoms with E-state index in [0.717, 1.165) is 52.5 Å². The molecule has 0 heterocycles. The number of benzene rings is 1. The molecule has 0 nitrogen and oxygen atoms in total.